The van der Waals surface area contributed by atoms with E-state index in [1.807, 2.05) is 31.2 Å². The Labute approximate surface area is 141 Å². The van der Waals surface area contributed by atoms with Crippen LogP contribution in [0.15, 0.2) is 84.9 Å². The van der Waals surface area contributed by atoms with Crippen molar-refractivity contribution in [3.05, 3.63) is 90.8 Å². The van der Waals surface area contributed by atoms with E-state index in [2.05, 4.69) is 75.4 Å². The fraction of sp³-hybridized carbons (Fsp3) is 0.0476. The number of nitrogens with zero attached hydrogens (tertiary/aromatic N) is 3. The van der Waals surface area contributed by atoms with Gasteiger partial charge in [-0.05, 0) is 30.2 Å². The highest BCUT2D eigenvalue weighted by molar-refractivity contribution is 5.65. The van der Waals surface area contributed by atoms with Crippen LogP contribution < -0.4 is 0 Å². The lowest BCUT2D eigenvalue weighted by Gasteiger charge is -2.10. The molecule has 0 fully saturated rings. The Morgan fingerprint density at radius 2 is 1.12 bits per heavy atom. The quantitative estimate of drug-likeness (QED) is 0.538. The summed E-state index contributed by atoms with van der Waals surface area (Å²) in [5.74, 6) is 1.74. The molecule has 0 bridgehead atoms. The summed E-state index contributed by atoms with van der Waals surface area (Å²) >= 11 is 0. The maximum absolute atomic E-state index is 4.36. The van der Waals surface area contributed by atoms with E-state index in [1.165, 1.54) is 11.1 Å². The number of hydrogen-bond donors (Lipinski definition) is 0. The van der Waals surface area contributed by atoms with E-state index in [-0.39, 0.29) is 0 Å². The van der Waals surface area contributed by atoms with Crippen LogP contribution in [0.1, 0.15) is 5.82 Å². The van der Waals surface area contributed by atoms with Gasteiger partial charge in [-0.15, -0.1) is 10.2 Å². The molecule has 0 atom stereocenters. The van der Waals surface area contributed by atoms with Crippen molar-refractivity contribution in [3.63, 3.8) is 0 Å². The smallest absolute Gasteiger partial charge is 0.168 e. The molecule has 0 aliphatic heterocycles. The highest BCUT2D eigenvalue weighted by atomic mass is 15.3. The zero-order chi connectivity index (χ0) is 16.4. The van der Waals surface area contributed by atoms with Gasteiger partial charge in [-0.25, -0.2) is 0 Å². The molecule has 3 heteroatoms. The lowest BCUT2D eigenvalue weighted by atomic mass is 10.1. The van der Waals surface area contributed by atoms with Crippen LogP contribution in [0.2, 0.25) is 0 Å². The molecule has 116 valence electrons. The summed E-state index contributed by atoms with van der Waals surface area (Å²) < 4.78 is 2.09. The minimum atomic E-state index is 0.862. The first-order valence-corrected chi connectivity index (χ1v) is 7.96. The Hall–Kier alpha value is -3.20. The van der Waals surface area contributed by atoms with Crippen molar-refractivity contribution in [2.24, 2.45) is 0 Å². The van der Waals surface area contributed by atoms with Gasteiger partial charge in [0.25, 0.3) is 0 Å². The van der Waals surface area contributed by atoms with Gasteiger partial charge in [-0.1, -0.05) is 72.8 Å². The van der Waals surface area contributed by atoms with Crippen molar-refractivity contribution >= 4 is 0 Å². The van der Waals surface area contributed by atoms with Crippen LogP contribution >= 0.6 is 0 Å². The Bertz CT molecular complexity index is 940. The molecule has 1 heterocycles. The van der Waals surface area contributed by atoms with Gasteiger partial charge in [-0.2, -0.15) is 0 Å². The third kappa shape index (κ3) is 2.61. The molecule has 0 aliphatic rings. The fourth-order valence-electron chi connectivity index (χ4n) is 2.88. The summed E-state index contributed by atoms with van der Waals surface area (Å²) in [7, 11) is 0. The summed E-state index contributed by atoms with van der Waals surface area (Å²) in [5, 5.41) is 8.62. The normalized spacial score (nSPS) is 10.7. The van der Waals surface area contributed by atoms with E-state index in [9.17, 15) is 0 Å². The van der Waals surface area contributed by atoms with Crippen LogP contribution in [-0.2, 0) is 0 Å². The lowest BCUT2D eigenvalue weighted by molar-refractivity contribution is 0.972. The van der Waals surface area contributed by atoms with Crippen molar-refractivity contribution in [1.82, 2.24) is 14.8 Å². The number of benzene rings is 3. The Balaban J connectivity index is 1.76. The molecule has 3 aromatic carbocycles. The average molecular weight is 311 g/mol. The fourth-order valence-corrected chi connectivity index (χ4v) is 2.88. The van der Waals surface area contributed by atoms with Gasteiger partial charge in [0, 0.05) is 11.3 Å². The van der Waals surface area contributed by atoms with Gasteiger partial charge in [0.05, 0.1) is 0 Å². The van der Waals surface area contributed by atoms with Gasteiger partial charge in [0.1, 0.15) is 5.82 Å². The van der Waals surface area contributed by atoms with Crippen molar-refractivity contribution in [2.75, 3.05) is 0 Å². The second kappa shape index (κ2) is 6.13. The van der Waals surface area contributed by atoms with Gasteiger partial charge >= 0.3 is 0 Å². The summed E-state index contributed by atoms with van der Waals surface area (Å²) in [4.78, 5) is 0. The van der Waals surface area contributed by atoms with Gasteiger partial charge < -0.3 is 0 Å². The Morgan fingerprint density at radius 3 is 1.75 bits per heavy atom. The molecule has 0 amide bonds. The lowest BCUT2D eigenvalue weighted by Crippen LogP contribution is -1.99. The van der Waals surface area contributed by atoms with Crippen LogP contribution in [0.25, 0.3) is 28.2 Å². The van der Waals surface area contributed by atoms with Crippen molar-refractivity contribution in [3.8, 4) is 28.2 Å². The predicted molar refractivity (Wildman–Crippen MR) is 97.0 cm³/mol. The molecule has 0 N–H and O–H groups in total. The van der Waals surface area contributed by atoms with Gasteiger partial charge in [0.15, 0.2) is 5.82 Å². The summed E-state index contributed by atoms with van der Waals surface area (Å²) in [6, 6.07) is 29.0. The van der Waals surface area contributed by atoms with E-state index >= 15 is 0 Å². The number of aryl methyl sites for hydroxylation is 1. The second-order valence-electron chi connectivity index (χ2n) is 5.69. The maximum Gasteiger partial charge on any atom is 0.168 e. The van der Waals surface area contributed by atoms with E-state index < -0.39 is 0 Å². The molecule has 4 aromatic rings. The standard InChI is InChI=1S/C21H17N3/c1-16-22-23-21(19-10-6-3-7-11-19)24(16)20-14-12-18(13-15-20)17-8-4-2-5-9-17/h2-15H,1H3. The first-order valence-electron chi connectivity index (χ1n) is 7.96. The van der Waals surface area contributed by atoms with Crippen molar-refractivity contribution in [2.45, 2.75) is 6.92 Å². The molecule has 3 nitrogen and oxygen atoms in total. The zero-order valence-electron chi connectivity index (χ0n) is 13.4. The summed E-state index contributed by atoms with van der Waals surface area (Å²) in [5.41, 5.74) is 4.54. The van der Waals surface area contributed by atoms with Gasteiger partial charge in [0.2, 0.25) is 0 Å². The average Bonchev–Trinajstić information content (AvgIpc) is 3.05. The van der Waals surface area contributed by atoms with Crippen molar-refractivity contribution < 1.29 is 0 Å². The zero-order valence-corrected chi connectivity index (χ0v) is 13.4. The molecule has 4 rings (SSSR count). The van der Waals surface area contributed by atoms with Crippen LogP contribution in [0.5, 0.6) is 0 Å². The number of aromatic nitrogens is 3. The molecule has 0 saturated carbocycles. The largest absolute Gasteiger partial charge is 0.279 e. The molecule has 0 radical (unpaired) electrons. The molecule has 24 heavy (non-hydrogen) atoms. The Kier molecular flexibility index (Phi) is 3.67. The second-order valence-corrected chi connectivity index (χ2v) is 5.69. The third-order valence-electron chi connectivity index (χ3n) is 4.09. The van der Waals surface area contributed by atoms with Gasteiger partial charge in [-0.3, -0.25) is 4.57 Å². The first-order chi connectivity index (χ1) is 11.8. The minimum Gasteiger partial charge on any atom is -0.279 e. The van der Waals surface area contributed by atoms with E-state index in [0.29, 0.717) is 0 Å². The highest BCUT2D eigenvalue weighted by Crippen LogP contribution is 2.25. The molecule has 0 spiro atoms. The predicted octanol–water partition coefficient (Wildman–Crippen LogP) is 4.91. The monoisotopic (exact) mass is 311 g/mol. The minimum absolute atomic E-state index is 0.862. The summed E-state index contributed by atoms with van der Waals surface area (Å²) in [6.45, 7) is 1.98. The number of rotatable bonds is 3. The van der Waals surface area contributed by atoms with Crippen LogP contribution in [0.3, 0.4) is 0 Å². The number of hydrogen-bond acceptors (Lipinski definition) is 2. The SMILES string of the molecule is Cc1nnc(-c2ccccc2)n1-c1ccc(-c2ccccc2)cc1. The van der Waals surface area contributed by atoms with E-state index in [4.69, 9.17) is 0 Å². The Morgan fingerprint density at radius 1 is 0.583 bits per heavy atom. The maximum atomic E-state index is 4.36. The van der Waals surface area contributed by atoms with Crippen LogP contribution in [0, 0.1) is 6.92 Å². The molecule has 0 aliphatic carbocycles. The van der Waals surface area contributed by atoms with Crippen LogP contribution in [-0.4, -0.2) is 14.8 Å². The van der Waals surface area contributed by atoms with E-state index in [1.54, 1.807) is 0 Å². The summed E-state index contributed by atoms with van der Waals surface area (Å²) in [6.07, 6.45) is 0. The third-order valence-corrected chi connectivity index (χ3v) is 4.09. The molecule has 0 unspecified atom stereocenters. The molecular weight excluding hydrogens is 294 g/mol. The molecular formula is C21H17N3. The van der Waals surface area contributed by atoms with E-state index in [0.717, 1.165) is 22.9 Å². The topological polar surface area (TPSA) is 30.7 Å². The molecule has 0 saturated heterocycles. The first kappa shape index (κ1) is 14.4. The molecule has 1 aromatic heterocycles. The van der Waals surface area contributed by atoms with Crippen molar-refractivity contribution in [1.29, 1.82) is 0 Å². The highest BCUT2D eigenvalue weighted by Gasteiger charge is 2.12. The van der Waals surface area contributed by atoms with Crippen LogP contribution in [0.4, 0.5) is 0 Å².